The Kier molecular flexibility index (Phi) is 5.28. The van der Waals surface area contributed by atoms with Crippen LogP contribution in [-0.2, 0) is 4.74 Å². The van der Waals surface area contributed by atoms with Gasteiger partial charge in [-0.2, -0.15) is 13.2 Å². The fraction of sp³-hybridized carbons (Fsp3) is 0.857. The molecule has 0 aliphatic rings. The summed E-state index contributed by atoms with van der Waals surface area (Å²) in [5.41, 5.74) is 0. The summed E-state index contributed by atoms with van der Waals surface area (Å²) in [5.74, 6) is 0. The second kappa shape index (κ2) is 5.41. The number of alkyl halides is 3. The summed E-state index contributed by atoms with van der Waals surface area (Å²) in [6.07, 6.45) is -4.16. The van der Waals surface area contributed by atoms with E-state index in [4.69, 9.17) is 4.74 Å². The van der Waals surface area contributed by atoms with E-state index in [-0.39, 0.29) is 13.0 Å². The van der Waals surface area contributed by atoms with E-state index >= 15 is 0 Å². The highest BCUT2D eigenvalue weighted by molar-refractivity contribution is 4.49. The van der Waals surface area contributed by atoms with Crippen LogP contribution in [-0.4, -0.2) is 19.4 Å². The second-order valence-electron chi connectivity index (χ2n) is 2.18. The third-order valence-electron chi connectivity index (χ3n) is 1.04. The number of hydrogen-bond acceptors (Lipinski definition) is 1. The van der Waals surface area contributed by atoms with Gasteiger partial charge in [-0.15, -0.1) is 0 Å². The van der Waals surface area contributed by atoms with Crippen LogP contribution in [0.2, 0.25) is 0 Å². The van der Waals surface area contributed by atoms with Crippen LogP contribution in [0, 0.1) is 6.92 Å². The van der Waals surface area contributed by atoms with Gasteiger partial charge < -0.3 is 4.74 Å². The third-order valence-corrected chi connectivity index (χ3v) is 1.04. The maximum Gasteiger partial charge on any atom is 0.389 e. The zero-order chi connectivity index (χ0) is 8.74. The van der Waals surface area contributed by atoms with Gasteiger partial charge in [0.2, 0.25) is 0 Å². The van der Waals surface area contributed by atoms with Crippen LogP contribution in [0.3, 0.4) is 0 Å². The van der Waals surface area contributed by atoms with E-state index in [2.05, 4.69) is 6.92 Å². The molecule has 11 heavy (non-hydrogen) atoms. The first-order valence-corrected chi connectivity index (χ1v) is 3.50. The van der Waals surface area contributed by atoms with Crippen molar-refractivity contribution < 1.29 is 17.9 Å². The van der Waals surface area contributed by atoms with Gasteiger partial charge in [-0.05, 0) is 12.8 Å². The van der Waals surface area contributed by atoms with E-state index in [0.717, 1.165) is 0 Å². The first kappa shape index (κ1) is 10.8. The molecule has 67 valence electrons. The molecule has 0 heterocycles. The monoisotopic (exact) mass is 169 g/mol. The minimum absolute atomic E-state index is 0.0451. The molecule has 0 aliphatic carbocycles. The topological polar surface area (TPSA) is 9.23 Å². The maximum atomic E-state index is 11.5. The Morgan fingerprint density at radius 3 is 2.27 bits per heavy atom. The Morgan fingerprint density at radius 2 is 1.82 bits per heavy atom. The molecule has 0 saturated carbocycles. The predicted molar refractivity (Wildman–Crippen MR) is 36.1 cm³/mol. The van der Waals surface area contributed by atoms with Crippen LogP contribution in [0.15, 0.2) is 0 Å². The van der Waals surface area contributed by atoms with Gasteiger partial charge in [0.15, 0.2) is 0 Å². The van der Waals surface area contributed by atoms with Gasteiger partial charge in [0, 0.05) is 19.6 Å². The van der Waals surface area contributed by atoms with Crippen molar-refractivity contribution in [1.29, 1.82) is 0 Å². The predicted octanol–water partition coefficient (Wildman–Crippen LogP) is 2.57. The van der Waals surface area contributed by atoms with Gasteiger partial charge in [-0.1, -0.05) is 6.92 Å². The van der Waals surface area contributed by atoms with Crippen LogP contribution in [0.25, 0.3) is 0 Å². The van der Waals surface area contributed by atoms with E-state index in [1.54, 1.807) is 0 Å². The molecule has 0 spiro atoms. The highest BCUT2D eigenvalue weighted by atomic mass is 19.4. The summed E-state index contributed by atoms with van der Waals surface area (Å²) in [5, 5.41) is 0. The molecule has 0 saturated heterocycles. The molecule has 0 rings (SSSR count). The van der Waals surface area contributed by atoms with Crippen molar-refractivity contribution in [2.75, 3.05) is 13.2 Å². The lowest BCUT2D eigenvalue weighted by Gasteiger charge is -2.05. The van der Waals surface area contributed by atoms with E-state index < -0.39 is 12.6 Å². The van der Waals surface area contributed by atoms with E-state index in [9.17, 15) is 13.2 Å². The highest BCUT2D eigenvalue weighted by Crippen LogP contribution is 2.20. The molecule has 0 N–H and O–H groups in total. The van der Waals surface area contributed by atoms with Crippen LogP contribution >= 0.6 is 0 Å². The average molecular weight is 169 g/mol. The average Bonchev–Trinajstić information content (AvgIpc) is 1.85. The number of hydrogen-bond donors (Lipinski definition) is 0. The summed E-state index contributed by atoms with van der Waals surface area (Å²) in [6, 6.07) is 0. The van der Waals surface area contributed by atoms with Crippen LogP contribution < -0.4 is 0 Å². The zero-order valence-electron chi connectivity index (χ0n) is 6.28. The molecule has 1 nitrogen and oxygen atoms in total. The number of rotatable bonds is 5. The first-order chi connectivity index (χ1) is 5.06. The van der Waals surface area contributed by atoms with Crippen molar-refractivity contribution in [3.05, 3.63) is 6.92 Å². The number of ether oxygens (including phenoxy) is 1. The van der Waals surface area contributed by atoms with Gasteiger partial charge >= 0.3 is 6.18 Å². The van der Waals surface area contributed by atoms with E-state index in [0.29, 0.717) is 13.0 Å². The third kappa shape index (κ3) is 9.75. The van der Waals surface area contributed by atoms with Crippen molar-refractivity contribution in [3.63, 3.8) is 0 Å². The fourth-order valence-electron chi connectivity index (χ4n) is 0.579. The molecule has 0 aliphatic heterocycles. The van der Waals surface area contributed by atoms with Gasteiger partial charge in [0.1, 0.15) is 0 Å². The Hall–Kier alpha value is -0.250. The van der Waals surface area contributed by atoms with Gasteiger partial charge in [0.25, 0.3) is 0 Å². The van der Waals surface area contributed by atoms with Crippen LogP contribution in [0.5, 0.6) is 0 Å². The molecule has 0 bridgehead atoms. The van der Waals surface area contributed by atoms with Gasteiger partial charge in [-0.25, -0.2) is 0 Å². The molecular weight excluding hydrogens is 157 g/mol. The normalized spacial score (nSPS) is 12.0. The Labute approximate surface area is 64.5 Å². The lowest BCUT2D eigenvalue weighted by Crippen LogP contribution is -2.08. The van der Waals surface area contributed by atoms with Crippen LogP contribution in [0.4, 0.5) is 13.2 Å². The molecular formula is C7H12F3O. The van der Waals surface area contributed by atoms with Crippen LogP contribution in [0.1, 0.15) is 19.3 Å². The Morgan fingerprint density at radius 1 is 1.18 bits per heavy atom. The Balaban J connectivity index is 3.02. The molecule has 0 fully saturated rings. The largest absolute Gasteiger partial charge is 0.389 e. The smallest absolute Gasteiger partial charge is 0.381 e. The first-order valence-electron chi connectivity index (χ1n) is 3.50. The Bertz CT molecular complexity index is 90.2. The van der Waals surface area contributed by atoms with Crippen molar-refractivity contribution in [2.24, 2.45) is 0 Å². The molecule has 0 amide bonds. The van der Waals surface area contributed by atoms with Gasteiger partial charge in [0.05, 0.1) is 0 Å². The lowest BCUT2D eigenvalue weighted by atomic mass is 10.3. The minimum atomic E-state index is -4.05. The second-order valence-corrected chi connectivity index (χ2v) is 2.18. The summed E-state index contributed by atoms with van der Waals surface area (Å²) in [6.45, 7) is 4.10. The van der Waals surface area contributed by atoms with Crippen molar-refractivity contribution in [2.45, 2.75) is 25.4 Å². The zero-order valence-corrected chi connectivity index (χ0v) is 6.28. The molecule has 0 unspecified atom stereocenters. The fourth-order valence-corrected chi connectivity index (χ4v) is 0.579. The standard InChI is InChI=1S/C7H12F3O/c1-2-5-11-6-3-4-7(8,9)10/h1-6H2. The summed E-state index contributed by atoms with van der Waals surface area (Å²) < 4.78 is 39.3. The highest BCUT2D eigenvalue weighted by Gasteiger charge is 2.25. The molecule has 1 radical (unpaired) electrons. The lowest BCUT2D eigenvalue weighted by molar-refractivity contribution is -0.137. The molecule has 0 atom stereocenters. The van der Waals surface area contributed by atoms with Crippen molar-refractivity contribution in [3.8, 4) is 0 Å². The summed E-state index contributed by atoms with van der Waals surface area (Å²) in [7, 11) is 0. The minimum Gasteiger partial charge on any atom is -0.381 e. The van der Waals surface area contributed by atoms with Crippen molar-refractivity contribution in [1.82, 2.24) is 0 Å². The summed E-state index contributed by atoms with van der Waals surface area (Å²) >= 11 is 0. The molecule has 0 aromatic carbocycles. The van der Waals surface area contributed by atoms with Crippen molar-refractivity contribution >= 4 is 0 Å². The molecule has 4 heteroatoms. The van der Waals surface area contributed by atoms with E-state index in [1.807, 2.05) is 0 Å². The molecule has 0 aromatic heterocycles. The summed E-state index contributed by atoms with van der Waals surface area (Å²) in [4.78, 5) is 0. The SMILES string of the molecule is [CH2]CCOCCCC(F)(F)F. The maximum absolute atomic E-state index is 11.5. The van der Waals surface area contributed by atoms with E-state index in [1.165, 1.54) is 0 Å². The number of halogens is 3. The van der Waals surface area contributed by atoms with Gasteiger partial charge in [-0.3, -0.25) is 0 Å². The molecule has 0 aromatic rings. The quantitative estimate of drug-likeness (QED) is 0.575.